The first-order chi connectivity index (χ1) is 14.8. The van der Waals surface area contributed by atoms with E-state index in [9.17, 15) is 14.4 Å². The zero-order valence-corrected chi connectivity index (χ0v) is 19.7. The van der Waals surface area contributed by atoms with Crippen LogP contribution in [0, 0.1) is 10.5 Å². The zero-order valence-electron chi connectivity index (χ0n) is 17.5. The number of nitrogens with one attached hydrogen (secondary N) is 1. The number of anilines is 1. The highest BCUT2D eigenvalue weighted by Gasteiger charge is 2.36. The van der Waals surface area contributed by atoms with Crippen LogP contribution < -0.4 is 19.7 Å². The number of rotatable bonds is 7. The van der Waals surface area contributed by atoms with Crippen molar-refractivity contribution in [2.24, 2.45) is 0 Å². The molecule has 0 unspecified atom stereocenters. The minimum absolute atomic E-state index is 0.140. The fourth-order valence-corrected chi connectivity index (χ4v) is 3.89. The van der Waals surface area contributed by atoms with Crippen LogP contribution in [-0.4, -0.2) is 31.6 Å². The predicted molar refractivity (Wildman–Crippen MR) is 126 cm³/mol. The number of carbonyl (C=O) groups is 3. The Kier molecular flexibility index (Phi) is 7.32. The van der Waals surface area contributed by atoms with Gasteiger partial charge in [0.15, 0.2) is 11.5 Å². The molecule has 31 heavy (non-hydrogen) atoms. The van der Waals surface area contributed by atoms with E-state index < -0.39 is 17.8 Å². The number of benzene rings is 2. The number of amides is 4. The lowest BCUT2D eigenvalue weighted by Gasteiger charge is -2.26. The first-order valence-electron chi connectivity index (χ1n) is 9.84. The number of hydrogen-bond acceptors (Lipinski definition) is 5. The Morgan fingerprint density at radius 1 is 1.16 bits per heavy atom. The summed E-state index contributed by atoms with van der Waals surface area (Å²) in [7, 11) is 1.53. The monoisotopic (exact) mass is 534 g/mol. The van der Waals surface area contributed by atoms with E-state index in [1.54, 1.807) is 30.3 Å². The van der Waals surface area contributed by atoms with E-state index in [1.165, 1.54) is 13.2 Å². The molecule has 0 bridgehead atoms. The van der Waals surface area contributed by atoms with Crippen LogP contribution >= 0.6 is 22.6 Å². The molecule has 8 heteroatoms. The Labute approximate surface area is 194 Å². The second-order valence-electron chi connectivity index (χ2n) is 7.03. The molecule has 0 atom stereocenters. The first kappa shape index (κ1) is 22.8. The summed E-state index contributed by atoms with van der Waals surface area (Å²) in [6.45, 7) is 4.51. The van der Waals surface area contributed by atoms with E-state index in [4.69, 9.17) is 9.47 Å². The van der Waals surface area contributed by atoms with E-state index in [0.29, 0.717) is 29.4 Å². The van der Waals surface area contributed by atoms with Gasteiger partial charge in [0, 0.05) is 0 Å². The maximum atomic E-state index is 13.1. The second-order valence-corrected chi connectivity index (χ2v) is 8.20. The van der Waals surface area contributed by atoms with Gasteiger partial charge in [-0.25, -0.2) is 9.69 Å². The number of barbiturate groups is 1. The van der Waals surface area contributed by atoms with Gasteiger partial charge in [0.25, 0.3) is 11.8 Å². The summed E-state index contributed by atoms with van der Waals surface area (Å²) in [6.07, 6.45) is 3.38. The number of nitrogens with zero attached hydrogens (tertiary/aromatic N) is 1. The van der Waals surface area contributed by atoms with Crippen molar-refractivity contribution in [3.8, 4) is 11.5 Å². The smallest absolute Gasteiger partial charge is 0.335 e. The molecule has 3 rings (SSSR count). The SMILES string of the molecule is CCCCOc1c(I)cc(/C=C2/C(=O)NC(=O)N(c3cccc(C)c3)C2=O)cc1OC. The van der Waals surface area contributed by atoms with Crippen molar-refractivity contribution in [3.05, 3.63) is 56.7 Å². The lowest BCUT2D eigenvalue weighted by molar-refractivity contribution is -0.122. The average molecular weight is 534 g/mol. The molecular formula is C23H23IN2O5. The van der Waals surface area contributed by atoms with Gasteiger partial charge in [-0.2, -0.15) is 0 Å². The van der Waals surface area contributed by atoms with Crippen LogP contribution in [0.4, 0.5) is 10.5 Å². The molecule has 2 aromatic carbocycles. The van der Waals surface area contributed by atoms with Crippen molar-refractivity contribution < 1.29 is 23.9 Å². The molecule has 0 aliphatic carbocycles. The number of halogens is 1. The molecule has 1 aliphatic rings. The number of ether oxygens (including phenoxy) is 2. The number of carbonyl (C=O) groups excluding carboxylic acids is 3. The van der Waals surface area contributed by atoms with E-state index in [1.807, 2.05) is 13.0 Å². The first-order valence-corrected chi connectivity index (χ1v) is 10.9. The minimum Gasteiger partial charge on any atom is -0.493 e. The summed E-state index contributed by atoms with van der Waals surface area (Å²) >= 11 is 2.13. The molecule has 1 aliphatic heterocycles. The largest absolute Gasteiger partial charge is 0.493 e. The quantitative estimate of drug-likeness (QED) is 0.246. The highest BCUT2D eigenvalue weighted by atomic mass is 127. The minimum atomic E-state index is -0.774. The number of hydrogen-bond donors (Lipinski definition) is 1. The molecule has 0 saturated carbocycles. The molecule has 1 fully saturated rings. The Hall–Kier alpha value is -2.88. The van der Waals surface area contributed by atoms with Gasteiger partial charge in [-0.3, -0.25) is 14.9 Å². The summed E-state index contributed by atoms with van der Waals surface area (Å²) in [5.74, 6) is -0.299. The molecule has 2 aromatic rings. The predicted octanol–water partition coefficient (Wildman–Crippen LogP) is 4.45. The van der Waals surface area contributed by atoms with Gasteiger partial charge >= 0.3 is 6.03 Å². The Morgan fingerprint density at radius 2 is 1.94 bits per heavy atom. The molecule has 0 spiro atoms. The molecule has 1 heterocycles. The van der Waals surface area contributed by atoms with Crippen LogP contribution in [0.2, 0.25) is 0 Å². The summed E-state index contributed by atoms with van der Waals surface area (Å²) in [5, 5.41) is 2.24. The number of unbranched alkanes of at least 4 members (excludes halogenated alkanes) is 1. The molecule has 4 amide bonds. The lowest BCUT2D eigenvalue weighted by atomic mass is 10.1. The molecule has 0 aromatic heterocycles. The highest BCUT2D eigenvalue weighted by molar-refractivity contribution is 14.1. The van der Waals surface area contributed by atoms with Gasteiger partial charge in [-0.05, 0) is 77.4 Å². The second kappa shape index (κ2) is 9.95. The van der Waals surface area contributed by atoms with Crippen molar-refractivity contribution >= 4 is 52.2 Å². The number of imide groups is 2. The van der Waals surface area contributed by atoms with Crippen molar-refractivity contribution in [1.29, 1.82) is 0 Å². The van der Waals surface area contributed by atoms with E-state index >= 15 is 0 Å². The van der Waals surface area contributed by atoms with Crippen LogP contribution in [0.3, 0.4) is 0 Å². The zero-order chi connectivity index (χ0) is 22.5. The molecule has 1 saturated heterocycles. The van der Waals surface area contributed by atoms with Gasteiger partial charge in [-0.15, -0.1) is 0 Å². The lowest BCUT2D eigenvalue weighted by Crippen LogP contribution is -2.54. The van der Waals surface area contributed by atoms with Crippen molar-refractivity contribution in [3.63, 3.8) is 0 Å². The van der Waals surface area contributed by atoms with E-state index in [0.717, 1.165) is 26.9 Å². The topological polar surface area (TPSA) is 84.9 Å². The van der Waals surface area contributed by atoms with Gasteiger partial charge in [0.2, 0.25) is 0 Å². The van der Waals surface area contributed by atoms with E-state index in [2.05, 4.69) is 34.8 Å². The van der Waals surface area contributed by atoms with Crippen molar-refractivity contribution in [2.75, 3.05) is 18.6 Å². The fourth-order valence-electron chi connectivity index (χ4n) is 3.11. The highest BCUT2D eigenvalue weighted by Crippen LogP contribution is 2.35. The fraction of sp³-hybridized carbons (Fsp3) is 0.261. The molecule has 7 nitrogen and oxygen atoms in total. The molecule has 0 radical (unpaired) electrons. The normalized spacial score (nSPS) is 15.3. The van der Waals surface area contributed by atoms with Crippen LogP contribution in [0.5, 0.6) is 11.5 Å². The maximum Gasteiger partial charge on any atom is 0.335 e. The third-order valence-corrected chi connectivity index (χ3v) is 5.47. The molecule has 162 valence electrons. The van der Waals surface area contributed by atoms with Crippen molar-refractivity contribution in [2.45, 2.75) is 26.7 Å². The Morgan fingerprint density at radius 3 is 2.61 bits per heavy atom. The number of aryl methyl sites for hydroxylation is 1. The van der Waals surface area contributed by atoms with Crippen LogP contribution in [-0.2, 0) is 9.59 Å². The average Bonchev–Trinajstić information content (AvgIpc) is 2.72. The molecular weight excluding hydrogens is 511 g/mol. The maximum absolute atomic E-state index is 13.1. The van der Waals surface area contributed by atoms with Crippen LogP contribution in [0.15, 0.2) is 42.0 Å². The van der Waals surface area contributed by atoms with Crippen LogP contribution in [0.25, 0.3) is 6.08 Å². The molecule has 1 N–H and O–H groups in total. The van der Waals surface area contributed by atoms with Crippen LogP contribution in [0.1, 0.15) is 30.9 Å². The third kappa shape index (κ3) is 5.07. The summed E-state index contributed by atoms with van der Waals surface area (Å²) in [6, 6.07) is 9.68. The van der Waals surface area contributed by atoms with E-state index in [-0.39, 0.29) is 5.57 Å². The summed E-state index contributed by atoms with van der Waals surface area (Å²) < 4.78 is 12.1. The third-order valence-electron chi connectivity index (χ3n) is 4.67. The Balaban J connectivity index is 1.97. The summed E-state index contributed by atoms with van der Waals surface area (Å²) in [5.41, 5.74) is 1.73. The standard InChI is InChI=1S/C23H23IN2O5/c1-4-5-9-31-20-18(24)12-15(13-19(20)30-3)11-17-21(27)25-23(29)26(22(17)28)16-8-6-7-14(2)10-16/h6-8,10-13H,4-5,9H2,1-3H3,(H,25,27,29)/b17-11-. The number of methoxy groups -OCH3 is 1. The van der Waals surface area contributed by atoms with Gasteiger partial charge in [0.05, 0.1) is 23.0 Å². The van der Waals surface area contributed by atoms with Crippen molar-refractivity contribution in [1.82, 2.24) is 5.32 Å². The van der Waals surface area contributed by atoms with Gasteiger partial charge in [-0.1, -0.05) is 25.5 Å². The van der Waals surface area contributed by atoms with Gasteiger partial charge < -0.3 is 9.47 Å². The van der Waals surface area contributed by atoms with Gasteiger partial charge in [0.1, 0.15) is 5.57 Å². The summed E-state index contributed by atoms with van der Waals surface area (Å²) in [4.78, 5) is 38.8. The number of urea groups is 1. The Bertz CT molecular complexity index is 1060.